The van der Waals surface area contributed by atoms with E-state index in [1.54, 1.807) is 6.21 Å². The van der Waals surface area contributed by atoms with Crippen molar-refractivity contribution in [1.29, 1.82) is 0 Å². The van der Waals surface area contributed by atoms with Gasteiger partial charge in [0.25, 0.3) is 0 Å². The minimum Gasteiger partial charge on any atom is -0.546 e. The molecule has 1 aromatic carbocycles. The first-order valence-corrected chi connectivity index (χ1v) is 9.16. The molecule has 0 radical (unpaired) electrons. The molecular weight excluding hydrogens is 252 g/mol. The van der Waals surface area contributed by atoms with Crippen LogP contribution in [0.15, 0.2) is 47.5 Å². The van der Waals surface area contributed by atoms with E-state index in [0.717, 1.165) is 22.8 Å². The summed E-state index contributed by atoms with van der Waals surface area (Å²) >= 11 is 0. The highest BCUT2D eigenvalue weighted by atomic mass is 28.3. The van der Waals surface area contributed by atoms with Crippen molar-refractivity contribution >= 4 is 20.9 Å². The largest absolute Gasteiger partial charge is 0.546 e. The summed E-state index contributed by atoms with van der Waals surface area (Å²) in [6, 6.07) is 13.7. The van der Waals surface area contributed by atoms with Gasteiger partial charge >= 0.3 is 0 Å². The third-order valence-electron chi connectivity index (χ3n) is 2.47. The first-order chi connectivity index (χ1) is 9.15. The highest BCUT2D eigenvalue weighted by molar-refractivity contribution is 6.49. The number of aromatic nitrogens is 1. The summed E-state index contributed by atoms with van der Waals surface area (Å²) in [6.07, 6.45) is 1.77. The van der Waals surface area contributed by atoms with E-state index in [9.17, 15) is 0 Å². The van der Waals surface area contributed by atoms with Crippen molar-refractivity contribution in [3.63, 3.8) is 0 Å². The Balaban J connectivity index is 2.23. The average molecular weight is 270 g/mol. The first-order valence-electron chi connectivity index (χ1n) is 6.38. The second-order valence-electron chi connectivity index (χ2n) is 4.60. The van der Waals surface area contributed by atoms with Gasteiger partial charge in [-0.05, 0) is 44.3 Å². The Kier molecular flexibility index (Phi) is 4.47. The van der Waals surface area contributed by atoms with E-state index in [-0.39, 0.29) is 0 Å². The monoisotopic (exact) mass is 270 g/mol. The van der Waals surface area contributed by atoms with Crippen molar-refractivity contribution in [2.24, 2.45) is 4.99 Å². The molecule has 3 nitrogen and oxygen atoms in total. The second-order valence-corrected chi connectivity index (χ2v) is 6.93. The van der Waals surface area contributed by atoms with Crippen molar-refractivity contribution in [3.05, 3.63) is 53.9 Å². The zero-order chi connectivity index (χ0) is 13.7. The molecular formula is C15H18N2OSi. The normalized spacial score (nSPS) is 11.2. The maximum Gasteiger partial charge on any atom is 0.229 e. The summed E-state index contributed by atoms with van der Waals surface area (Å²) in [6.45, 7) is 6.25. The maximum absolute atomic E-state index is 5.86. The molecule has 98 valence electrons. The molecule has 0 aliphatic rings. The molecule has 19 heavy (non-hydrogen) atoms. The predicted octanol–water partition coefficient (Wildman–Crippen LogP) is 3.50. The lowest BCUT2D eigenvalue weighted by atomic mass is 10.3. The van der Waals surface area contributed by atoms with Gasteiger partial charge in [0.15, 0.2) is 0 Å². The first kappa shape index (κ1) is 13.5. The Hall–Kier alpha value is -1.94. The fourth-order valence-corrected chi connectivity index (χ4v) is 2.40. The van der Waals surface area contributed by atoms with E-state index in [1.807, 2.05) is 49.4 Å². The lowest BCUT2D eigenvalue weighted by molar-refractivity contribution is 0.582. The van der Waals surface area contributed by atoms with Gasteiger partial charge in [-0.1, -0.05) is 18.2 Å². The van der Waals surface area contributed by atoms with Crippen LogP contribution < -0.4 is 4.43 Å². The summed E-state index contributed by atoms with van der Waals surface area (Å²) in [5, 5.41) is 0. The fraction of sp³-hybridized carbons (Fsp3) is 0.200. The van der Waals surface area contributed by atoms with E-state index in [0.29, 0.717) is 0 Å². The van der Waals surface area contributed by atoms with Crippen molar-refractivity contribution in [1.82, 2.24) is 4.98 Å². The lowest BCUT2D eigenvalue weighted by Crippen LogP contribution is -2.11. The lowest BCUT2D eigenvalue weighted by Gasteiger charge is -2.11. The summed E-state index contributed by atoms with van der Waals surface area (Å²) in [7, 11) is -1.12. The predicted molar refractivity (Wildman–Crippen MR) is 82.2 cm³/mol. The number of aryl methyl sites for hydroxylation is 1. The van der Waals surface area contributed by atoms with E-state index >= 15 is 0 Å². The Bertz CT molecular complexity index is 582. The molecule has 0 saturated carbocycles. The zero-order valence-electron chi connectivity index (χ0n) is 11.5. The number of pyridine rings is 1. The van der Waals surface area contributed by atoms with Gasteiger partial charge in [-0.3, -0.25) is 9.98 Å². The minimum absolute atomic E-state index is 0.854. The maximum atomic E-state index is 5.86. The van der Waals surface area contributed by atoms with E-state index in [1.165, 1.54) is 0 Å². The number of nitrogens with zero attached hydrogens (tertiary/aromatic N) is 2. The molecule has 1 heterocycles. The Morgan fingerprint density at radius 1 is 1.11 bits per heavy atom. The number of para-hydroxylation sites is 2. The molecule has 0 N–H and O–H groups in total. The molecule has 0 amide bonds. The van der Waals surface area contributed by atoms with Gasteiger partial charge in [0.1, 0.15) is 11.4 Å². The van der Waals surface area contributed by atoms with Crippen molar-refractivity contribution < 1.29 is 4.43 Å². The molecule has 0 saturated heterocycles. The number of benzene rings is 1. The van der Waals surface area contributed by atoms with Gasteiger partial charge in [-0.2, -0.15) is 0 Å². The third kappa shape index (κ3) is 4.03. The van der Waals surface area contributed by atoms with Crippen LogP contribution in [0.5, 0.6) is 5.75 Å². The Labute approximate surface area is 115 Å². The van der Waals surface area contributed by atoms with Crippen LogP contribution in [0.2, 0.25) is 13.1 Å². The molecule has 0 spiro atoms. The van der Waals surface area contributed by atoms with Crippen LogP contribution >= 0.6 is 0 Å². The molecule has 1 aromatic heterocycles. The number of hydrogen-bond donors (Lipinski definition) is 0. The van der Waals surface area contributed by atoms with Gasteiger partial charge in [0.05, 0.1) is 11.9 Å². The molecule has 2 aromatic rings. The number of aliphatic imine (C=N–C) groups is 1. The fourth-order valence-electron chi connectivity index (χ4n) is 1.69. The number of hydrogen-bond acceptors (Lipinski definition) is 3. The standard InChI is InChI=1S/C15H18N2OSi/c1-12-7-6-8-13(17-12)11-16-14-9-4-5-10-15(14)18-19(2)3/h4-11,19H,1-3H3. The minimum atomic E-state index is -1.12. The third-order valence-corrected chi connectivity index (χ3v) is 3.20. The summed E-state index contributed by atoms with van der Waals surface area (Å²) in [5.41, 5.74) is 2.70. The van der Waals surface area contributed by atoms with E-state index in [2.05, 4.69) is 23.1 Å². The van der Waals surface area contributed by atoms with Crippen LogP contribution in [0.3, 0.4) is 0 Å². The van der Waals surface area contributed by atoms with Crippen LogP contribution in [0.1, 0.15) is 11.4 Å². The van der Waals surface area contributed by atoms with Crippen molar-refractivity contribution in [2.75, 3.05) is 0 Å². The molecule has 0 fully saturated rings. The Morgan fingerprint density at radius 3 is 2.63 bits per heavy atom. The van der Waals surface area contributed by atoms with Crippen LogP contribution in [0.25, 0.3) is 0 Å². The average Bonchev–Trinajstić information content (AvgIpc) is 2.37. The van der Waals surface area contributed by atoms with Gasteiger partial charge in [0.2, 0.25) is 9.04 Å². The van der Waals surface area contributed by atoms with Crippen molar-refractivity contribution in [3.8, 4) is 5.75 Å². The summed E-state index contributed by atoms with van der Waals surface area (Å²) in [4.78, 5) is 8.88. The highest BCUT2D eigenvalue weighted by Crippen LogP contribution is 2.27. The molecule has 0 atom stereocenters. The molecule has 0 aliphatic heterocycles. The topological polar surface area (TPSA) is 34.5 Å². The molecule has 0 unspecified atom stereocenters. The van der Waals surface area contributed by atoms with Gasteiger partial charge in [0, 0.05) is 5.69 Å². The second kappa shape index (κ2) is 6.29. The van der Waals surface area contributed by atoms with E-state index < -0.39 is 9.04 Å². The highest BCUT2D eigenvalue weighted by Gasteiger charge is 2.03. The van der Waals surface area contributed by atoms with Gasteiger partial charge in [-0.25, -0.2) is 0 Å². The van der Waals surface area contributed by atoms with Gasteiger partial charge in [-0.15, -0.1) is 0 Å². The molecule has 4 heteroatoms. The van der Waals surface area contributed by atoms with Gasteiger partial charge < -0.3 is 4.43 Å². The van der Waals surface area contributed by atoms with Crippen LogP contribution in [0.4, 0.5) is 5.69 Å². The van der Waals surface area contributed by atoms with Crippen LogP contribution in [-0.4, -0.2) is 20.2 Å². The summed E-state index contributed by atoms with van der Waals surface area (Å²) in [5.74, 6) is 0.855. The van der Waals surface area contributed by atoms with Crippen LogP contribution in [0, 0.1) is 6.92 Å². The number of rotatable bonds is 4. The Morgan fingerprint density at radius 2 is 1.89 bits per heavy atom. The van der Waals surface area contributed by atoms with Crippen molar-refractivity contribution in [2.45, 2.75) is 20.0 Å². The quantitative estimate of drug-likeness (QED) is 0.629. The molecule has 0 bridgehead atoms. The molecule has 0 aliphatic carbocycles. The van der Waals surface area contributed by atoms with Crippen LogP contribution in [-0.2, 0) is 0 Å². The summed E-state index contributed by atoms with van der Waals surface area (Å²) < 4.78 is 5.86. The smallest absolute Gasteiger partial charge is 0.229 e. The zero-order valence-corrected chi connectivity index (χ0v) is 12.7. The SMILES string of the molecule is Cc1cccc(C=Nc2ccccc2O[SiH](C)C)n1. The van der Waals surface area contributed by atoms with E-state index in [4.69, 9.17) is 4.43 Å². The molecule has 2 rings (SSSR count).